The molecule has 0 saturated heterocycles. The van der Waals surface area contributed by atoms with Gasteiger partial charge in [0.2, 0.25) is 0 Å². The Morgan fingerprint density at radius 3 is 3.25 bits per heavy atom. The van der Waals surface area contributed by atoms with Gasteiger partial charge in [0.1, 0.15) is 5.82 Å². The van der Waals surface area contributed by atoms with E-state index in [0.717, 1.165) is 17.5 Å². The Hall–Kier alpha value is -2.04. The largest absolute Gasteiger partial charge is 0.287 e. The van der Waals surface area contributed by atoms with Crippen molar-refractivity contribution in [3.05, 3.63) is 35.9 Å². The maximum atomic E-state index is 13.0. The number of aromatic amines is 1. The molecule has 0 aliphatic heterocycles. The monoisotopic (exact) mass is 218 g/mol. The summed E-state index contributed by atoms with van der Waals surface area (Å²) >= 11 is 0. The highest BCUT2D eigenvalue weighted by Gasteiger charge is 2.06. The number of aliphatic imine (C=N–C) groups is 1. The molecule has 5 heteroatoms. The maximum absolute atomic E-state index is 13.0. The van der Waals surface area contributed by atoms with E-state index >= 15 is 0 Å². The molecule has 0 atom stereocenters. The van der Waals surface area contributed by atoms with E-state index in [1.54, 1.807) is 6.21 Å². The second-order valence-electron chi connectivity index (χ2n) is 3.54. The van der Waals surface area contributed by atoms with Gasteiger partial charge < -0.3 is 0 Å². The van der Waals surface area contributed by atoms with Gasteiger partial charge in [0.05, 0.1) is 18.4 Å². The first kappa shape index (κ1) is 10.5. The lowest BCUT2D eigenvalue weighted by Crippen LogP contribution is -1.85. The molecule has 82 valence electrons. The van der Waals surface area contributed by atoms with E-state index in [-0.39, 0.29) is 5.82 Å². The number of H-pyrrole nitrogens is 1. The summed E-state index contributed by atoms with van der Waals surface area (Å²) in [5.41, 5.74) is 2.12. The van der Waals surface area contributed by atoms with E-state index in [9.17, 15) is 4.39 Å². The summed E-state index contributed by atoms with van der Waals surface area (Å²) < 4.78 is 13.0. The van der Waals surface area contributed by atoms with Crippen LogP contribution in [0.2, 0.25) is 0 Å². The molecule has 0 bridgehead atoms. The fourth-order valence-electron chi connectivity index (χ4n) is 1.34. The number of fused-ring (bicyclic) bond motifs is 1. The molecule has 0 aliphatic rings. The molecule has 2 aromatic heterocycles. The minimum Gasteiger partial charge on any atom is -0.287 e. The summed E-state index contributed by atoms with van der Waals surface area (Å²) in [6.07, 6.45) is 2.81. The summed E-state index contributed by atoms with van der Waals surface area (Å²) in [6, 6.07) is 1.40. The van der Waals surface area contributed by atoms with Crippen LogP contribution in [0.5, 0.6) is 0 Å². The lowest BCUT2D eigenvalue weighted by Gasteiger charge is -1.93. The van der Waals surface area contributed by atoms with Gasteiger partial charge in [0.15, 0.2) is 5.65 Å². The lowest BCUT2D eigenvalue weighted by molar-refractivity contribution is 0.624. The second-order valence-corrected chi connectivity index (χ2v) is 3.54. The van der Waals surface area contributed by atoms with Crippen molar-refractivity contribution in [2.24, 2.45) is 4.99 Å². The predicted octanol–water partition coefficient (Wildman–Crippen LogP) is 2.24. The highest BCUT2D eigenvalue weighted by atomic mass is 19.1. The van der Waals surface area contributed by atoms with E-state index in [1.807, 2.05) is 6.92 Å². The number of hydrogen-bond donors (Lipinski definition) is 1. The molecule has 0 unspecified atom stereocenters. The zero-order valence-electron chi connectivity index (χ0n) is 8.87. The lowest BCUT2D eigenvalue weighted by atomic mass is 10.2. The standard InChI is InChI=1S/C11H11FN4/c1-7(2)4-13-6-10-9-3-8(12)5-14-11(9)16-15-10/h3-5H,1,6H2,2H3,(H,14,15,16). The van der Waals surface area contributed by atoms with Crippen LogP contribution < -0.4 is 0 Å². The van der Waals surface area contributed by atoms with Crippen LogP contribution >= 0.6 is 0 Å². The van der Waals surface area contributed by atoms with Gasteiger partial charge in [-0.15, -0.1) is 0 Å². The van der Waals surface area contributed by atoms with Gasteiger partial charge >= 0.3 is 0 Å². The molecule has 2 heterocycles. The van der Waals surface area contributed by atoms with Crippen molar-refractivity contribution >= 4 is 17.2 Å². The normalized spacial score (nSPS) is 11.4. The van der Waals surface area contributed by atoms with E-state index in [1.165, 1.54) is 6.07 Å². The van der Waals surface area contributed by atoms with Crippen LogP contribution in [0.1, 0.15) is 12.6 Å². The van der Waals surface area contributed by atoms with Crippen LogP contribution in [-0.4, -0.2) is 21.4 Å². The molecule has 4 nitrogen and oxygen atoms in total. The Morgan fingerprint density at radius 2 is 2.50 bits per heavy atom. The van der Waals surface area contributed by atoms with Crippen molar-refractivity contribution in [3.63, 3.8) is 0 Å². The molecule has 0 amide bonds. The Kier molecular flexibility index (Phi) is 2.76. The fourth-order valence-corrected chi connectivity index (χ4v) is 1.34. The molecule has 1 N–H and O–H groups in total. The maximum Gasteiger partial charge on any atom is 0.181 e. The van der Waals surface area contributed by atoms with Gasteiger partial charge in [0.25, 0.3) is 0 Å². The number of rotatable bonds is 3. The third-order valence-electron chi connectivity index (χ3n) is 2.02. The molecule has 0 aliphatic carbocycles. The average Bonchev–Trinajstić information content (AvgIpc) is 2.60. The van der Waals surface area contributed by atoms with Crippen LogP contribution in [0.25, 0.3) is 11.0 Å². The number of halogens is 1. The van der Waals surface area contributed by atoms with E-state index < -0.39 is 0 Å². The van der Waals surface area contributed by atoms with Crippen LogP contribution in [0.4, 0.5) is 4.39 Å². The Bertz CT molecular complexity index is 556. The van der Waals surface area contributed by atoms with Gasteiger partial charge in [-0.3, -0.25) is 10.1 Å². The minimum atomic E-state index is -0.376. The molecule has 0 radical (unpaired) electrons. The average molecular weight is 218 g/mol. The van der Waals surface area contributed by atoms with Crippen molar-refractivity contribution in [2.45, 2.75) is 13.5 Å². The quantitative estimate of drug-likeness (QED) is 0.803. The van der Waals surface area contributed by atoms with E-state index in [4.69, 9.17) is 0 Å². The molecule has 16 heavy (non-hydrogen) atoms. The fraction of sp³-hybridized carbons (Fsp3) is 0.182. The van der Waals surface area contributed by atoms with Crippen LogP contribution in [0.15, 0.2) is 29.4 Å². The van der Waals surface area contributed by atoms with Crippen molar-refractivity contribution < 1.29 is 4.39 Å². The van der Waals surface area contributed by atoms with Gasteiger partial charge in [0, 0.05) is 11.6 Å². The molecule has 2 rings (SSSR count). The van der Waals surface area contributed by atoms with Crippen LogP contribution in [-0.2, 0) is 6.54 Å². The van der Waals surface area contributed by atoms with E-state index in [0.29, 0.717) is 17.6 Å². The van der Waals surface area contributed by atoms with Crippen LogP contribution in [0, 0.1) is 5.82 Å². The topological polar surface area (TPSA) is 53.9 Å². The highest BCUT2D eigenvalue weighted by Crippen LogP contribution is 2.15. The van der Waals surface area contributed by atoms with Crippen molar-refractivity contribution in [3.8, 4) is 0 Å². The third kappa shape index (κ3) is 2.13. The number of nitrogens with zero attached hydrogens (tertiary/aromatic N) is 3. The molecular formula is C11H11FN4. The minimum absolute atomic E-state index is 0.376. The highest BCUT2D eigenvalue weighted by molar-refractivity contribution is 5.79. The molecule has 0 fully saturated rings. The predicted molar refractivity (Wildman–Crippen MR) is 60.9 cm³/mol. The number of hydrogen-bond acceptors (Lipinski definition) is 3. The van der Waals surface area contributed by atoms with Crippen molar-refractivity contribution in [1.82, 2.24) is 15.2 Å². The SMILES string of the molecule is C=C(C)C=NCc1[nH]nc2ncc(F)cc12. The number of nitrogens with one attached hydrogen (secondary N) is 1. The summed E-state index contributed by atoms with van der Waals surface area (Å²) in [4.78, 5) is 8.00. The Balaban J connectivity index is 2.31. The summed E-state index contributed by atoms with van der Waals surface area (Å²) in [6.45, 7) is 5.97. The molecule has 0 saturated carbocycles. The van der Waals surface area contributed by atoms with Crippen molar-refractivity contribution in [1.29, 1.82) is 0 Å². The van der Waals surface area contributed by atoms with Crippen LogP contribution in [0.3, 0.4) is 0 Å². The smallest absolute Gasteiger partial charge is 0.181 e. The van der Waals surface area contributed by atoms with Crippen molar-refractivity contribution in [2.75, 3.05) is 0 Å². The van der Waals surface area contributed by atoms with Gasteiger partial charge in [-0.1, -0.05) is 6.58 Å². The first-order chi connectivity index (χ1) is 7.66. The third-order valence-corrected chi connectivity index (χ3v) is 2.02. The first-order valence-electron chi connectivity index (χ1n) is 4.80. The molecule has 0 spiro atoms. The Labute approximate surface area is 91.9 Å². The number of pyridine rings is 1. The van der Waals surface area contributed by atoms with Gasteiger partial charge in [-0.05, 0) is 18.6 Å². The number of allylic oxidation sites excluding steroid dienone is 1. The van der Waals surface area contributed by atoms with E-state index in [2.05, 4.69) is 26.8 Å². The first-order valence-corrected chi connectivity index (χ1v) is 4.80. The van der Waals surface area contributed by atoms with Gasteiger partial charge in [-0.25, -0.2) is 9.37 Å². The Morgan fingerprint density at radius 1 is 1.69 bits per heavy atom. The van der Waals surface area contributed by atoms with Gasteiger partial charge in [-0.2, -0.15) is 5.10 Å². The zero-order valence-corrected chi connectivity index (χ0v) is 8.87. The molecule has 0 aromatic carbocycles. The number of aromatic nitrogens is 3. The molecular weight excluding hydrogens is 207 g/mol. The zero-order chi connectivity index (χ0) is 11.5. The summed E-state index contributed by atoms with van der Waals surface area (Å²) in [7, 11) is 0. The summed E-state index contributed by atoms with van der Waals surface area (Å²) in [5, 5.41) is 7.42. The second kappa shape index (κ2) is 4.22. The molecule has 2 aromatic rings. The summed E-state index contributed by atoms with van der Waals surface area (Å²) in [5.74, 6) is -0.376.